The van der Waals surface area contributed by atoms with E-state index in [4.69, 9.17) is 5.11 Å². The molecule has 1 aliphatic rings. The summed E-state index contributed by atoms with van der Waals surface area (Å²) >= 11 is 0. The van der Waals surface area contributed by atoms with Gasteiger partial charge in [-0.3, -0.25) is 14.5 Å². The summed E-state index contributed by atoms with van der Waals surface area (Å²) in [6.45, 7) is 7.34. The van der Waals surface area contributed by atoms with Gasteiger partial charge in [-0.25, -0.2) is 0 Å². The van der Waals surface area contributed by atoms with E-state index < -0.39 is 5.97 Å². The largest absolute Gasteiger partial charge is 0.480 e. The molecule has 0 saturated carbocycles. The van der Waals surface area contributed by atoms with E-state index in [1.165, 1.54) is 6.42 Å². The molecule has 1 fully saturated rings. The second-order valence-electron chi connectivity index (χ2n) is 5.63. The van der Waals surface area contributed by atoms with Crippen LogP contribution in [0, 0.1) is 0 Å². The van der Waals surface area contributed by atoms with Crippen LogP contribution >= 0.6 is 0 Å². The maximum absolute atomic E-state index is 12.7. The Labute approximate surface area is 121 Å². The summed E-state index contributed by atoms with van der Waals surface area (Å²) in [7, 11) is 0. The standard InChI is InChI=1S/C15H28N2O3/c1-4-9-16(11-14(18)19)12(3)15(20)17-10-7-6-8-13(17)5-2/h12-13H,4-11H2,1-3H3,(H,18,19). The molecule has 116 valence electrons. The molecule has 1 aliphatic heterocycles. The quantitative estimate of drug-likeness (QED) is 0.776. The number of hydrogen-bond donors (Lipinski definition) is 1. The van der Waals surface area contributed by atoms with Crippen LogP contribution in [0.15, 0.2) is 0 Å². The predicted molar refractivity (Wildman–Crippen MR) is 78.6 cm³/mol. The highest BCUT2D eigenvalue weighted by Gasteiger charge is 2.31. The number of nitrogens with zero attached hydrogens (tertiary/aromatic N) is 2. The average molecular weight is 284 g/mol. The molecule has 2 atom stereocenters. The smallest absolute Gasteiger partial charge is 0.317 e. The van der Waals surface area contributed by atoms with Crippen molar-refractivity contribution in [3.63, 3.8) is 0 Å². The normalized spacial score (nSPS) is 21.0. The van der Waals surface area contributed by atoms with E-state index in [0.29, 0.717) is 12.6 Å². The molecule has 5 heteroatoms. The summed E-state index contributed by atoms with van der Waals surface area (Å²) in [6, 6.07) is -0.0230. The summed E-state index contributed by atoms with van der Waals surface area (Å²) in [6.07, 6.45) is 5.14. The fraction of sp³-hybridized carbons (Fsp3) is 0.867. The van der Waals surface area contributed by atoms with E-state index >= 15 is 0 Å². The Kier molecular flexibility index (Phi) is 6.99. The van der Waals surface area contributed by atoms with Gasteiger partial charge in [0.25, 0.3) is 0 Å². The first-order chi connectivity index (χ1) is 9.51. The van der Waals surface area contributed by atoms with Gasteiger partial charge in [0.05, 0.1) is 12.6 Å². The molecule has 1 rings (SSSR count). The molecule has 2 unspecified atom stereocenters. The van der Waals surface area contributed by atoms with Gasteiger partial charge in [0, 0.05) is 12.6 Å². The summed E-state index contributed by atoms with van der Waals surface area (Å²) in [4.78, 5) is 27.3. The average Bonchev–Trinajstić information content (AvgIpc) is 2.44. The third kappa shape index (κ3) is 4.47. The molecule has 5 nitrogen and oxygen atoms in total. The zero-order chi connectivity index (χ0) is 15.1. The van der Waals surface area contributed by atoms with Crippen molar-refractivity contribution in [2.45, 2.75) is 65.0 Å². The molecule has 0 aliphatic carbocycles. The highest BCUT2D eigenvalue weighted by Crippen LogP contribution is 2.21. The number of piperidine rings is 1. The van der Waals surface area contributed by atoms with Crippen molar-refractivity contribution in [3.05, 3.63) is 0 Å². The van der Waals surface area contributed by atoms with Crippen molar-refractivity contribution < 1.29 is 14.7 Å². The van der Waals surface area contributed by atoms with E-state index in [1.807, 2.05) is 18.7 Å². The molecule has 1 heterocycles. The molecule has 0 aromatic rings. The molecular formula is C15H28N2O3. The van der Waals surface area contributed by atoms with E-state index in [0.717, 1.165) is 32.2 Å². The monoisotopic (exact) mass is 284 g/mol. The van der Waals surface area contributed by atoms with E-state index in [9.17, 15) is 9.59 Å². The minimum Gasteiger partial charge on any atom is -0.480 e. The van der Waals surface area contributed by atoms with Gasteiger partial charge in [-0.2, -0.15) is 0 Å². The Balaban J connectivity index is 2.73. The molecule has 1 saturated heterocycles. The highest BCUT2D eigenvalue weighted by molar-refractivity contribution is 5.82. The highest BCUT2D eigenvalue weighted by atomic mass is 16.4. The Hall–Kier alpha value is -1.10. The van der Waals surface area contributed by atoms with Crippen LogP contribution in [-0.4, -0.2) is 58.5 Å². The SMILES string of the molecule is CCCN(CC(=O)O)C(C)C(=O)N1CCCCC1CC. The number of amides is 1. The lowest BCUT2D eigenvalue weighted by molar-refractivity contribution is -0.144. The second kappa shape index (κ2) is 8.25. The summed E-state index contributed by atoms with van der Waals surface area (Å²) in [5.74, 6) is -0.782. The maximum atomic E-state index is 12.7. The Morgan fingerprint density at radius 3 is 2.60 bits per heavy atom. The Morgan fingerprint density at radius 2 is 2.05 bits per heavy atom. The number of carboxylic acid groups (broad SMARTS) is 1. The van der Waals surface area contributed by atoms with Crippen LogP contribution in [0.4, 0.5) is 0 Å². The molecule has 0 bridgehead atoms. The molecule has 1 amide bonds. The minimum atomic E-state index is -0.871. The number of carboxylic acids is 1. The van der Waals surface area contributed by atoms with Crippen LogP contribution in [0.1, 0.15) is 52.9 Å². The number of rotatable bonds is 7. The first-order valence-electron chi connectivity index (χ1n) is 7.77. The van der Waals surface area contributed by atoms with Crippen LogP contribution in [0.2, 0.25) is 0 Å². The summed E-state index contributed by atoms with van der Waals surface area (Å²) in [5, 5.41) is 8.98. The van der Waals surface area contributed by atoms with Crippen molar-refractivity contribution in [3.8, 4) is 0 Å². The van der Waals surface area contributed by atoms with Crippen LogP contribution in [0.3, 0.4) is 0 Å². The fourth-order valence-electron chi connectivity index (χ4n) is 2.98. The van der Waals surface area contributed by atoms with Crippen LogP contribution in [-0.2, 0) is 9.59 Å². The minimum absolute atomic E-state index is 0.0641. The van der Waals surface area contributed by atoms with Crippen molar-refractivity contribution in [1.82, 2.24) is 9.80 Å². The molecule has 0 radical (unpaired) electrons. The number of hydrogen-bond acceptors (Lipinski definition) is 3. The van der Waals surface area contributed by atoms with Crippen LogP contribution in [0.5, 0.6) is 0 Å². The second-order valence-corrected chi connectivity index (χ2v) is 5.63. The van der Waals surface area contributed by atoms with E-state index in [1.54, 1.807) is 4.90 Å². The van der Waals surface area contributed by atoms with E-state index in [-0.39, 0.29) is 18.5 Å². The molecule has 0 aromatic heterocycles. The number of carbonyl (C=O) groups excluding carboxylic acids is 1. The molecule has 0 aromatic carbocycles. The van der Waals surface area contributed by atoms with Gasteiger partial charge >= 0.3 is 5.97 Å². The Bertz CT molecular complexity index is 333. The topological polar surface area (TPSA) is 60.9 Å². The fourth-order valence-corrected chi connectivity index (χ4v) is 2.98. The van der Waals surface area contributed by atoms with Gasteiger partial charge in [0.2, 0.25) is 5.91 Å². The van der Waals surface area contributed by atoms with Crippen molar-refractivity contribution in [2.75, 3.05) is 19.6 Å². The molecule has 0 spiro atoms. The maximum Gasteiger partial charge on any atom is 0.317 e. The van der Waals surface area contributed by atoms with Gasteiger partial charge < -0.3 is 10.0 Å². The lowest BCUT2D eigenvalue weighted by Gasteiger charge is -2.39. The summed E-state index contributed by atoms with van der Waals surface area (Å²) < 4.78 is 0. The van der Waals surface area contributed by atoms with Gasteiger partial charge in [0.15, 0.2) is 0 Å². The zero-order valence-electron chi connectivity index (χ0n) is 13.0. The summed E-state index contributed by atoms with van der Waals surface area (Å²) in [5.41, 5.74) is 0. The first-order valence-corrected chi connectivity index (χ1v) is 7.77. The van der Waals surface area contributed by atoms with Gasteiger partial charge in [-0.05, 0) is 45.6 Å². The third-order valence-electron chi connectivity index (χ3n) is 4.14. The Morgan fingerprint density at radius 1 is 1.35 bits per heavy atom. The third-order valence-corrected chi connectivity index (χ3v) is 4.14. The molecule has 20 heavy (non-hydrogen) atoms. The first kappa shape index (κ1) is 17.0. The zero-order valence-corrected chi connectivity index (χ0v) is 13.0. The molecular weight excluding hydrogens is 256 g/mol. The van der Waals surface area contributed by atoms with Gasteiger partial charge in [-0.1, -0.05) is 13.8 Å². The van der Waals surface area contributed by atoms with Crippen LogP contribution < -0.4 is 0 Å². The number of aliphatic carboxylic acids is 1. The molecule has 1 N–H and O–H groups in total. The number of carbonyl (C=O) groups is 2. The van der Waals surface area contributed by atoms with Crippen molar-refractivity contribution in [1.29, 1.82) is 0 Å². The van der Waals surface area contributed by atoms with Gasteiger partial charge in [-0.15, -0.1) is 0 Å². The lowest BCUT2D eigenvalue weighted by Crippen LogP contribution is -2.53. The van der Waals surface area contributed by atoms with Crippen LogP contribution in [0.25, 0.3) is 0 Å². The predicted octanol–water partition coefficient (Wildman–Crippen LogP) is 1.96. The number of likely N-dealkylation sites (tertiary alicyclic amines) is 1. The van der Waals surface area contributed by atoms with Crippen molar-refractivity contribution >= 4 is 11.9 Å². The van der Waals surface area contributed by atoms with Gasteiger partial charge in [0.1, 0.15) is 0 Å². The van der Waals surface area contributed by atoms with Crippen molar-refractivity contribution in [2.24, 2.45) is 0 Å². The van der Waals surface area contributed by atoms with E-state index in [2.05, 4.69) is 6.92 Å². The lowest BCUT2D eigenvalue weighted by atomic mass is 9.99.